The summed E-state index contributed by atoms with van der Waals surface area (Å²) in [5, 5.41) is 2.57. The molecule has 180 valence electrons. The molecule has 0 radical (unpaired) electrons. The molecule has 0 fully saturated rings. The van der Waals surface area contributed by atoms with E-state index in [9.17, 15) is 13.9 Å². The van der Waals surface area contributed by atoms with E-state index in [1.807, 2.05) is 30.3 Å². The minimum Gasteiger partial charge on any atom is -0.611 e. The molecule has 3 aromatic carbocycles. The van der Waals surface area contributed by atoms with Gasteiger partial charge in [0.05, 0.1) is 6.61 Å². The molecule has 5 N–H and O–H groups in total. The Bertz CT molecular complexity index is 1130. The maximum atomic E-state index is 12.7. The number of nitrogens with two attached hydrogens (primary N) is 1. The van der Waals surface area contributed by atoms with E-state index >= 15 is 0 Å². The Morgan fingerprint density at radius 2 is 1.62 bits per heavy atom. The highest BCUT2D eigenvalue weighted by molar-refractivity contribution is 7.91. The second kappa shape index (κ2) is 11.3. The summed E-state index contributed by atoms with van der Waals surface area (Å²) in [5.41, 5.74) is 7.93. The van der Waals surface area contributed by atoms with E-state index in [1.54, 1.807) is 24.3 Å². The zero-order valence-corrected chi connectivity index (χ0v) is 20.3. The van der Waals surface area contributed by atoms with Crippen molar-refractivity contribution in [3.63, 3.8) is 0 Å². The number of hydrogen-bond donors (Lipinski definition) is 4. The van der Waals surface area contributed by atoms with Crippen molar-refractivity contribution in [2.75, 3.05) is 17.7 Å². The third kappa shape index (κ3) is 7.78. The molecule has 1 amide bonds. The maximum absolute atomic E-state index is 12.7. The number of nitrogens with one attached hydrogen (secondary N) is 1. The SMILES string of the molecule is CC(N)(COP(=O)(O)O)C(=O)Nc1ccc([S@@+]([O-])CCc2ccc(-c3ccccc3)cc2)cc1. The van der Waals surface area contributed by atoms with Gasteiger partial charge >= 0.3 is 7.82 Å². The molecule has 2 atom stereocenters. The second-order valence-electron chi connectivity index (χ2n) is 8.02. The third-order valence-corrected chi connectivity index (χ3v) is 6.90. The van der Waals surface area contributed by atoms with Gasteiger partial charge in [0.25, 0.3) is 0 Å². The standard InChI is InChI=1S/C24H27N2O6PS/c1-24(25,17-32-33(28,29)30)23(27)26-21-11-13-22(14-12-21)34(31)16-15-18-7-9-20(10-8-18)19-5-3-2-4-6-19/h2-14H,15-17,25H2,1H3,(H,26,27)(H2,28,29,30)/t24?,34-/m0/s1. The van der Waals surface area contributed by atoms with Gasteiger partial charge in [-0.2, -0.15) is 0 Å². The van der Waals surface area contributed by atoms with Gasteiger partial charge in [-0.1, -0.05) is 54.6 Å². The lowest BCUT2D eigenvalue weighted by Crippen LogP contribution is -2.52. The molecule has 1 unspecified atom stereocenters. The van der Waals surface area contributed by atoms with Gasteiger partial charge in [-0.3, -0.25) is 9.32 Å². The van der Waals surface area contributed by atoms with Crippen LogP contribution < -0.4 is 11.1 Å². The minimum absolute atomic E-state index is 0.412. The van der Waals surface area contributed by atoms with Crippen molar-refractivity contribution in [3.8, 4) is 11.1 Å². The van der Waals surface area contributed by atoms with Gasteiger partial charge in [-0.15, -0.1) is 0 Å². The molecule has 8 nitrogen and oxygen atoms in total. The Morgan fingerprint density at radius 1 is 1.03 bits per heavy atom. The quantitative estimate of drug-likeness (QED) is 0.245. The van der Waals surface area contributed by atoms with Crippen molar-refractivity contribution >= 4 is 30.6 Å². The number of rotatable bonds is 10. The van der Waals surface area contributed by atoms with Gasteiger partial charge in [0.15, 0.2) is 4.90 Å². The first-order valence-corrected chi connectivity index (χ1v) is 13.3. The lowest BCUT2D eigenvalue weighted by atomic mass is 10.0. The van der Waals surface area contributed by atoms with Gasteiger partial charge in [0.1, 0.15) is 11.3 Å². The van der Waals surface area contributed by atoms with E-state index in [-0.39, 0.29) is 0 Å². The summed E-state index contributed by atoms with van der Waals surface area (Å²) in [6, 6.07) is 24.8. The van der Waals surface area contributed by atoms with Gasteiger partial charge in [0, 0.05) is 12.1 Å². The van der Waals surface area contributed by atoms with Crippen LogP contribution >= 0.6 is 7.82 Å². The number of carbonyl (C=O) groups excluding carboxylic acids is 1. The van der Waals surface area contributed by atoms with Crippen LogP contribution in [0.15, 0.2) is 83.8 Å². The number of hydrogen-bond acceptors (Lipinski definition) is 5. The van der Waals surface area contributed by atoms with Crippen molar-refractivity contribution in [3.05, 3.63) is 84.4 Å². The van der Waals surface area contributed by atoms with Gasteiger partial charge < -0.3 is 25.4 Å². The zero-order chi connectivity index (χ0) is 24.8. The van der Waals surface area contributed by atoms with Crippen LogP contribution in [0.2, 0.25) is 0 Å². The van der Waals surface area contributed by atoms with E-state index in [4.69, 9.17) is 15.5 Å². The fourth-order valence-corrected chi connectivity index (χ4v) is 4.60. The predicted molar refractivity (Wildman–Crippen MR) is 133 cm³/mol. The molecule has 10 heteroatoms. The van der Waals surface area contributed by atoms with Crippen LogP contribution in [0.3, 0.4) is 0 Å². The first-order chi connectivity index (χ1) is 16.0. The minimum atomic E-state index is -4.74. The van der Waals surface area contributed by atoms with Crippen LogP contribution in [-0.2, 0) is 31.5 Å². The number of phosphoric acid groups is 1. The average Bonchev–Trinajstić information content (AvgIpc) is 2.82. The molecule has 34 heavy (non-hydrogen) atoms. The molecule has 0 saturated heterocycles. The lowest BCUT2D eigenvalue weighted by molar-refractivity contribution is -0.121. The highest BCUT2D eigenvalue weighted by Crippen LogP contribution is 2.36. The molecule has 0 heterocycles. The number of anilines is 1. The molecule has 0 aliphatic heterocycles. The molecule has 3 rings (SSSR count). The monoisotopic (exact) mass is 502 g/mol. The first-order valence-electron chi connectivity index (χ1n) is 10.5. The molecule has 0 spiro atoms. The normalized spacial score (nSPS) is 14.3. The zero-order valence-electron chi connectivity index (χ0n) is 18.6. The fraction of sp³-hybridized carbons (Fsp3) is 0.208. The summed E-state index contributed by atoms with van der Waals surface area (Å²) in [6.07, 6.45) is 0.658. The molecule has 0 aromatic heterocycles. The molecular formula is C24H27N2O6PS. The molecule has 0 saturated carbocycles. The molecule has 0 bridgehead atoms. The predicted octanol–water partition coefficient (Wildman–Crippen LogP) is 3.47. The van der Waals surface area contributed by atoms with Crippen molar-refractivity contribution in [1.29, 1.82) is 0 Å². The van der Waals surface area contributed by atoms with Gasteiger partial charge in [0.2, 0.25) is 5.91 Å². The summed E-state index contributed by atoms with van der Waals surface area (Å²) in [7, 11) is -4.74. The Morgan fingerprint density at radius 3 is 2.21 bits per heavy atom. The highest BCUT2D eigenvalue weighted by Gasteiger charge is 2.32. The number of amides is 1. The van der Waals surface area contributed by atoms with Crippen LogP contribution in [-0.4, -0.2) is 38.1 Å². The van der Waals surface area contributed by atoms with Gasteiger partial charge in [-0.05, 0) is 59.1 Å². The van der Waals surface area contributed by atoms with E-state index < -0.39 is 37.1 Å². The van der Waals surface area contributed by atoms with Crippen LogP contribution in [0.5, 0.6) is 0 Å². The van der Waals surface area contributed by atoms with Crippen molar-refractivity contribution in [2.24, 2.45) is 5.73 Å². The summed E-state index contributed by atoms with van der Waals surface area (Å²) in [6.45, 7) is 0.644. The van der Waals surface area contributed by atoms with E-state index in [1.165, 1.54) is 6.92 Å². The van der Waals surface area contributed by atoms with Gasteiger partial charge in [-0.25, -0.2) is 4.57 Å². The van der Waals surface area contributed by atoms with Crippen LogP contribution in [0, 0.1) is 0 Å². The average molecular weight is 503 g/mol. The summed E-state index contributed by atoms with van der Waals surface area (Å²) in [4.78, 5) is 30.5. The number of phosphoric ester groups is 1. The number of carbonyl (C=O) groups is 1. The van der Waals surface area contributed by atoms with Crippen molar-refractivity contribution in [1.82, 2.24) is 0 Å². The Kier molecular flexibility index (Phi) is 8.67. The fourth-order valence-electron chi connectivity index (χ4n) is 3.07. The van der Waals surface area contributed by atoms with E-state index in [0.717, 1.165) is 16.7 Å². The smallest absolute Gasteiger partial charge is 0.469 e. The second-order valence-corrected chi connectivity index (χ2v) is 10.8. The van der Waals surface area contributed by atoms with E-state index in [0.29, 0.717) is 22.8 Å². The first kappa shape index (κ1) is 26.1. The summed E-state index contributed by atoms with van der Waals surface area (Å²) >= 11 is -1.22. The van der Waals surface area contributed by atoms with Crippen LogP contribution in [0.1, 0.15) is 12.5 Å². The lowest BCUT2D eigenvalue weighted by Gasteiger charge is -2.23. The molecule has 0 aliphatic rings. The Hall–Kier alpha value is -2.49. The van der Waals surface area contributed by atoms with E-state index in [2.05, 4.69) is 34.1 Å². The molecule has 3 aromatic rings. The third-order valence-electron chi connectivity index (χ3n) is 5.06. The maximum Gasteiger partial charge on any atom is 0.469 e. The summed E-state index contributed by atoms with van der Waals surface area (Å²) in [5.74, 6) is -0.217. The Labute approximate surface area is 201 Å². The molecular weight excluding hydrogens is 475 g/mol. The van der Waals surface area contributed by atoms with Crippen LogP contribution in [0.25, 0.3) is 11.1 Å². The topological polar surface area (TPSA) is 145 Å². The van der Waals surface area contributed by atoms with Crippen molar-refractivity contribution < 1.29 is 28.2 Å². The van der Waals surface area contributed by atoms with Crippen molar-refractivity contribution in [2.45, 2.75) is 23.8 Å². The largest absolute Gasteiger partial charge is 0.611 e. The highest BCUT2D eigenvalue weighted by atomic mass is 32.2. The number of benzene rings is 3. The van der Waals surface area contributed by atoms with Crippen LogP contribution in [0.4, 0.5) is 5.69 Å². The Balaban J connectivity index is 1.52. The number of aryl methyl sites for hydroxylation is 1. The summed E-state index contributed by atoms with van der Waals surface area (Å²) < 4.78 is 27.9. The molecule has 0 aliphatic carbocycles.